The van der Waals surface area contributed by atoms with Crippen molar-refractivity contribution in [2.45, 2.75) is 65.3 Å². The fraction of sp³-hybridized carbons (Fsp3) is 0.542. The average molecular weight is 478 g/mol. The number of nitrogens with zero attached hydrogens (tertiary/aromatic N) is 3. The number of aliphatic hydroxyl groups is 1. The SMILES string of the molecule is CC(C)CN(C[C@@H](O)[C@H](Cc1ccccc1)N(C(=O)O)C(C)(C)C)C(=O)OCc1nccs1. The van der Waals surface area contributed by atoms with Crippen LogP contribution in [0.3, 0.4) is 0 Å². The predicted molar refractivity (Wildman–Crippen MR) is 128 cm³/mol. The molecule has 0 unspecified atom stereocenters. The van der Waals surface area contributed by atoms with E-state index in [0.29, 0.717) is 18.0 Å². The van der Waals surface area contributed by atoms with E-state index in [-0.39, 0.29) is 19.1 Å². The van der Waals surface area contributed by atoms with E-state index in [4.69, 9.17) is 4.74 Å². The predicted octanol–water partition coefficient (Wildman–Crippen LogP) is 4.49. The highest BCUT2D eigenvalue weighted by Crippen LogP contribution is 2.24. The number of benzene rings is 1. The van der Waals surface area contributed by atoms with Crippen LogP contribution in [0.15, 0.2) is 41.9 Å². The molecule has 0 aliphatic carbocycles. The number of hydrogen-bond donors (Lipinski definition) is 2. The summed E-state index contributed by atoms with van der Waals surface area (Å²) in [6.45, 7) is 9.68. The van der Waals surface area contributed by atoms with Crippen molar-refractivity contribution in [3.8, 4) is 0 Å². The number of aliphatic hydroxyl groups excluding tert-OH is 1. The Morgan fingerprint density at radius 1 is 1.15 bits per heavy atom. The Bertz CT molecular complexity index is 868. The topological polar surface area (TPSA) is 103 Å². The van der Waals surface area contributed by atoms with Crippen LogP contribution in [0.1, 0.15) is 45.2 Å². The molecule has 0 fully saturated rings. The molecule has 0 saturated carbocycles. The van der Waals surface area contributed by atoms with Crippen molar-refractivity contribution in [2.75, 3.05) is 13.1 Å². The minimum absolute atomic E-state index is 0.0494. The first-order valence-electron chi connectivity index (χ1n) is 11.0. The van der Waals surface area contributed by atoms with Crippen LogP contribution >= 0.6 is 11.3 Å². The van der Waals surface area contributed by atoms with E-state index in [1.807, 2.05) is 44.2 Å². The van der Waals surface area contributed by atoms with Crippen molar-refractivity contribution >= 4 is 23.5 Å². The van der Waals surface area contributed by atoms with Gasteiger partial charge in [0.25, 0.3) is 0 Å². The first kappa shape index (κ1) is 26.6. The van der Waals surface area contributed by atoms with E-state index in [0.717, 1.165) is 5.56 Å². The fourth-order valence-electron chi connectivity index (χ4n) is 3.73. The Labute approximate surface area is 199 Å². The first-order valence-corrected chi connectivity index (χ1v) is 11.9. The largest absolute Gasteiger partial charge is 0.465 e. The number of rotatable bonds is 10. The van der Waals surface area contributed by atoms with Crippen molar-refractivity contribution in [2.24, 2.45) is 5.92 Å². The van der Waals surface area contributed by atoms with Crippen LogP contribution in [-0.2, 0) is 17.8 Å². The summed E-state index contributed by atoms with van der Waals surface area (Å²) in [7, 11) is 0. The van der Waals surface area contributed by atoms with Gasteiger partial charge in [-0.2, -0.15) is 0 Å². The van der Waals surface area contributed by atoms with Gasteiger partial charge in [0.2, 0.25) is 0 Å². The van der Waals surface area contributed by atoms with E-state index in [2.05, 4.69) is 4.98 Å². The Morgan fingerprint density at radius 2 is 1.82 bits per heavy atom. The quantitative estimate of drug-likeness (QED) is 0.523. The summed E-state index contributed by atoms with van der Waals surface area (Å²) in [5.74, 6) is 0.135. The number of carbonyl (C=O) groups is 2. The van der Waals surface area contributed by atoms with E-state index < -0.39 is 29.9 Å². The molecule has 1 aromatic carbocycles. The molecule has 2 atom stereocenters. The summed E-state index contributed by atoms with van der Waals surface area (Å²) < 4.78 is 5.42. The molecule has 2 aromatic rings. The summed E-state index contributed by atoms with van der Waals surface area (Å²) in [4.78, 5) is 31.9. The lowest BCUT2D eigenvalue weighted by Gasteiger charge is -2.42. The van der Waals surface area contributed by atoms with Crippen molar-refractivity contribution < 1.29 is 24.5 Å². The Balaban J connectivity index is 2.25. The minimum Gasteiger partial charge on any atom is -0.465 e. The van der Waals surface area contributed by atoms with E-state index in [1.54, 1.807) is 32.3 Å². The smallest absolute Gasteiger partial charge is 0.410 e. The van der Waals surface area contributed by atoms with Gasteiger partial charge in [-0.3, -0.25) is 4.90 Å². The molecule has 0 saturated heterocycles. The number of carbonyl (C=O) groups excluding carboxylic acids is 1. The second-order valence-electron chi connectivity index (χ2n) is 9.43. The van der Waals surface area contributed by atoms with Crippen LogP contribution in [0, 0.1) is 5.92 Å². The second-order valence-corrected chi connectivity index (χ2v) is 10.4. The number of hydrogen-bond acceptors (Lipinski definition) is 6. The van der Waals surface area contributed by atoms with Crippen LogP contribution in [0.4, 0.5) is 9.59 Å². The van der Waals surface area contributed by atoms with Crippen LogP contribution in [0.5, 0.6) is 0 Å². The Morgan fingerprint density at radius 3 is 2.33 bits per heavy atom. The lowest BCUT2D eigenvalue weighted by Crippen LogP contribution is -2.58. The Kier molecular flexibility index (Phi) is 9.67. The average Bonchev–Trinajstić information content (AvgIpc) is 3.23. The molecule has 1 heterocycles. The van der Waals surface area contributed by atoms with Gasteiger partial charge in [0.15, 0.2) is 0 Å². The van der Waals surface area contributed by atoms with Crippen molar-refractivity contribution in [1.29, 1.82) is 0 Å². The van der Waals surface area contributed by atoms with E-state index in [9.17, 15) is 19.8 Å². The summed E-state index contributed by atoms with van der Waals surface area (Å²) in [5.41, 5.74) is 0.152. The number of thiazole rings is 1. The number of amides is 2. The zero-order valence-corrected chi connectivity index (χ0v) is 20.8. The number of ether oxygens (including phenoxy) is 1. The first-order chi connectivity index (χ1) is 15.5. The highest BCUT2D eigenvalue weighted by molar-refractivity contribution is 7.09. The van der Waals surface area contributed by atoms with Gasteiger partial charge >= 0.3 is 12.2 Å². The van der Waals surface area contributed by atoms with Gasteiger partial charge < -0.3 is 19.8 Å². The van der Waals surface area contributed by atoms with Crippen molar-refractivity contribution in [3.05, 3.63) is 52.5 Å². The molecule has 33 heavy (non-hydrogen) atoms. The molecule has 0 bridgehead atoms. The number of carboxylic acid groups (broad SMARTS) is 1. The molecule has 2 N–H and O–H groups in total. The molecule has 9 heteroatoms. The van der Waals surface area contributed by atoms with Gasteiger partial charge in [-0.1, -0.05) is 44.2 Å². The summed E-state index contributed by atoms with van der Waals surface area (Å²) in [5, 5.41) is 23.7. The van der Waals surface area contributed by atoms with Gasteiger partial charge in [0.1, 0.15) is 11.6 Å². The zero-order valence-electron chi connectivity index (χ0n) is 20.0. The lowest BCUT2D eigenvalue weighted by atomic mass is 9.94. The lowest BCUT2D eigenvalue weighted by molar-refractivity contribution is -0.00907. The second kappa shape index (κ2) is 12.0. The molecule has 182 valence electrons. The number of aromatic nitrogens is 1. The maximum Gasteiger partial charge on any atom is 0.410 e. The molecule has 0 radical (unpaired) electrons. The van der Waals surface area contributed by atoms with Crippen molar-refractivity contribution in [1.82, 2.24) is 14.8 Å². The molecular weight excluding hydrogens is 442 g/mol. The third kappa shape index (κ3) is 8.33. The van der Waals surface area contributed by atoms with Gasteiger partial charge in [-0.05, 0) is 38.7 Å². The van der Waals surface area contributed by atoms with Crippen molar-refractivity contribution in [3.63, 3.8) is 0 Å². The third-order valence-corrected chi connectivity index (χ3v) is 5.80. The standard InChI is InChI=1S/C24H35N3O5S/c1-17(2)14-26(23(31)32-16-21-25-11-12-33-21)15-20(28)19(13-18-9-7-6-8-10-18)27(22(29)30)24(3,4)5/h6-12,17,19-20,28H,13-16H2,1-5H3,(H,29,30)/t19-,20+/m0/s1. The summed E-state index contributed by atoms with van der Waals surface area (Å²) >= 11 is 1.39. The molecule has 2 amide bonds. The highest BCUT2D eigenvalue weighted by atomic mass is 32.1. The molecule has 2 rings (SSSR count). The van der Waals surface area contributed by atoms with Gasteiger partial charge in [0.05, 0.1) is 18.7 Å². The van der Waals surface area contributed by atoms with Gasteiger partial charge in [-0.25, -0.2) is 14.6 Å². The van der Waals surface area contributed by atoms with Crippen LogP contribution in [-0.4, -0.2) is 68.0 Å². The molecule has 1 aromatic heterocycles. The summed E-state index contributed by atoms with van der Waals surface area (Å²) in [6.07, 6.45) is -0.843. The summed E-state index contributed by atoms with van der Waals surface area (Å²) in [6, 6.07) is 8.68. The third-order valence-electron chi connectivity index (χ3n) is 5.05. The van der Waals surface area contributed by atoms with Crippen LogP contribution < -0.4 is 0 Å². The molecule has 0 aliphatic heterocycles. The zero-order chi connectivity index (χ0) is 24.6. The molecule has 0 spiro atoms. The van der Waals surface area contributed by atoms with Gasteiger partial charge in [-0.15, -0.1) is 11.3 Å². The molecular formula is C24H35N3O5S. The van der Waals surface area contributed by atoms with E-state index >= 15 is 0 Å². The highest BCUT2D eigenvalue weighted by Gasteiger charge is 2.38. The van der Waals surface area contributed by atoms with E-state index in [1.165, 1.54) is 21.1 Å². The van der Waals surface area contributed by atoms with Crippen LogP contribution in [0.2, 0.25) is 0 Å². The fourth-order valence-corrected chi connectivity index (χ4v) is 4.26. The van der Waals surface area contributed by atoms with Gasteiger partial charge in [0, 0.05) is 23.7 Å². The minimum atomic E-state index is -1.12. The monoisotopic (exact) mass is 477 g/mol. The normalized spacial score (nSPS) is 13.4. The molecule has 0 aliphatic rings. The Hall–Kier alpha value is -2.65. The molecule has 8 nitrogen and oxygen atoms in total. The maximum atomic E-state index is 12.8. The maximum absolute atomic E-state index is 12.8. The van der Waals surface area contributed by atoms with Crippen LogP contribution in [0.25, 0.3) is 0 Å².